The van der Waals surface area contributed by atoms with Crippen LogP contribution in [0.25, 0.3) is 10.2 Å². The highest BCUT2D eigenvalue weighted by Crippen LogP contribution is 2.39. The van der Waals surface area contributed by atoms with Gasteiger partial charge in [0.1, 0.15) is 10.6 Å². The second kappa shape index (κ2) is 5.15. The van der Waals surface area contributed by atoms with E-state index in [9.17, 15) is 0 Å². The molecule has 20 heavy (non-hydrogen) atoms. The van der Waals surface area contributed by atoms with Gasteiger partial charge in [0.25, 0.3) is 0 Å². The smallest absolute Gasteiger partial charge is 0.225 e. The quantitative estimate of drug-likeness (QED) is 0.726. The molecular formula is C15H18ClN3S. The molecule has 106 valence electrons. The number of thiophene rings is 1. The number of nitrogens with zero attached hydrogens (tertiary/aromatic N) is 3. The van der Waals surface area contributed by atoms with Gasteiger partial charge in [0.2, 0.25) is 5.28 Å². The molecular weight excluding hydrogens is 290 g/mol. The fraction of sp³-hybridized carbons (Fsp3) is 0.600. The van der Waals surface area contributed by atoms with E-state index in [0.717, 1.165) is 23.1 Å². The van der Waals surface area contributed by atoms with Gasteiger partial charge in [0.05, 0.1) is 5.39 Å². The summed E-state index contributed by atoms with van der Waals surface area (Å²) >= 11 is 7.78. The molecule has 2 aromatic heterocycles. The molecule has 0 spiro atoms. The van der Waals surface area contributed by atoms with Crippen LogP contribution in [0.1, 0.15) is 38.5 Å². The summed E-state index contributed by atoms with van der Waals surface area (Å²) in [5.74, 6) is 1.91. The van der Waals surface area contributed by atoms with E-state index in [4.69, 9.17) is 11.6 Å². The van der Waals surface area contributed by atoms with Gasteiger partial charge >= 0.3 is 0 Å². The molecule has 1 saturated carbocycles. The lowest BCUT2D eigenvalue weighted by molar-refractivity contribution is 0.243. The van der Waals surface area contributed by atoms with E-state index in [2.05, 4.69) is 26.3 Å². The average Bonchev–Trinajstić information content (AvgIpc) is 2.94. The predicted octanol–water partition coefficient (Wildman–Crippen LogP) is 4.50. The van der Waals surface area contributed by atoms with Crippen LogP contribution in [0, 0.1) is 5.92 Å². The second-order valence-corrected chi connectivity index (χ2v) is 7.14. The number of anilines is 1. The van der Waals surface area contributed by atoms with Gasteiger partial charge in [-0.3, -0.25) is 0 Å². The van der Waals surface area contributed by atoms with Crippen molar-refractivity contribution >= 4 is 39.0 Å². The van der Waals surface area contributed by atoms with Crippen LogP contribution in [-0.4, -0.2) is 22.6 Å². The van der Waals surface area contributed by atoms with Gasteiger partial charge in [-0.25, -0.2) is 4.98 Å². The van der Waals surface area contributed by atoms with Crippen molar-refractivity contribution in [2.75, 3.05) is 11.4 Å². The van der Waals surface area contributed by atoms with Gasteiger partial charge in [-0.05, 0) is 54.6 Å². The predicted molar refractivity (Wildman–Crippen MR) is 84.8 cm³/mol. The van der Waals surface area contributed by atoms with Crippen molar-refractivity contribution in [3.8, 4) is 0 Å². The highest BCUT2D eigenvalue weighted by atomic mass is 35.5. The maximum Gasteiger partial charge on any atom is 0.225 e. The van der Waals surface area contributed by atoms with E-state index in [1.54, 1.807) is 11.3 Å². The van der Waals surface area contributed by atoms with Crippen LogP contribution < -0.4 is 4.90 Å². The van der Waals surface area contributed by atoms with Gasteiger partial charge in [-0.2, -0.15) is 4.98 Å². The molecule has 3 heterocycles. The number of hydrogen-bond donors (Lipinski definition) is 0. The lowest BCUT2D eigenvalue weighted by atomic mass is 9.78. The zero-order chi connectivity index (χ0) is 13.5. The number of piperidine rings is 1. The minimum atomic E-state index is 0.382. The standard InChI is InChI=1S/C15H18ClN3S/c16-15-17-13(11-7-9-20-14(11)18-15)19-8-3-5-10-4-1-2-6-12(10)19/h7,9-10,12H,1-6,8H2/t10-,12-/m1/s1. The molecule has 4 rings (SSSR count). The van der Waals surface area contributed by atoms with Gasteiger partial charge in [-0.15, -0.1) is 11.3 Å². The monoisotopic (exact) mass is 307 g/mol. The molecule has 0 amide bonds. The van der Waals surface area contributed by atoms with Crippen LogP contribution in [0.5, 0.6) is 0 Å². The van der Waals surface area contributed by atoms with Crippen molar-refractivity contribution < 1.29 is 0 Å². The van der Waals surface area contributed by atoms with E-state index < -0.39 is 0 Å². The largest absolute Gasteiger partial charge is 0.353 e. The number of hydrogen-bond acceptors (Lipinski definition) is 4. The van der Waals surface area contributed by atoms with Crippen LogP contribution in [0.2, 0.25) is 5.28 Å². The summed E-state index contributed by atoms with van der Waals surface area (Å²) in [5, 5.41) is 3.64. The summed E-state index contributed by atoms with van der Waals surface area (Å²) in [5.41, 5.74) is 0. The van der Waals surface area contributed by atoms with Gasteiger partial charge in [-0.1, -0.05) is 12.8 Å². The summed E-state index contributed by atoms with van der Waals surface area (Å²) in [6.07, 6.45) is 8.09. The maximum atomic E-state index is 6.13. The van der Waals surface area contributed by atoms with Gasteiger partial charge in [0.15, 0.2) is 0 Å². The van der Waals surface area contributed by atoms with Crippen molar-refractivity contribution in [1.82, 2.24) is 9.97 Å². The summed E-state index contributed by atoms with van der Waals surface area (Å²) < 4.78 is 0. The molecule has 2 aromatic rings. The second-order valence-electron chi connectivity index (χ2n) is 5.90. The first-order chi connectivity index (χ1) is 9.83. The summed E-state index contributed by atoms with van der Waals surface area (Å²) in [6, 6.07) is 2.80. The van der Waals surface area contributed by atoms with Crippen molar-refractivity contribution in [1.29, 1.82) is 0 Å². The Bertz CT molecular complexity index is 625. The number of rotatable bonds is 1. The molecule has 2 fully saturated rings. The Morgan fingerprint density at radius 2 is 2.00 bits per heavy atom. The highest BCUT2D eigenvalue weighted by molar-refractivity contribution is 7.16. The summed E-state index contributed by atoms with van der Waals surface area (Å²) in [6.45, 7) is 1.11. The van der Waals surface area contributed by atoms with E-state index in [1.807, 2.05) is 0 Å². The Labute approximate surface area is 128 Å². The first kappa shape index (κ1) is 12.8. The molecule has 0 radical (unpaired) electrons. The minimum Gasteiger partial charge on any atom is -0.353 e. The summed E-state index contributed by atoms with van der Waals surface area (Å²) in [7, 11) is 0. The first-order valence-corrected chi connectivity index (χ1v) is 8.76. The van der Waals surface area contributed by atoms with E-state index in [0.29, 0.717) is 11.3 Å². The van der Waals surface area contributed by atoms with Crippen LogP contribution in [-0.2, 0) is 0 Å². The zero-order valence-electron chi connectivity index (χ0n) is 11.4. The molecule has 0 N–H and O–H groups in total. The highest BCUT2D eigenvalue weighted by Gasteiger charge is 2.34. The third kappa shape index (κ3) is 2.09. The molecule has 5 heteroatoms. The van der Waals surface area contributed by atoms with E-state index in [1.165, 1.54) is 43.9 Å². The Hall–Kier alpha value is -0.870. The Morgan fingerprint density at radius 3 is 2.95 bits per heavy atom. The number of aromatic nitrogens is 2. The zero-order valence-corrected chi connectivity index (χ0v) is 13.0. The SMILES string of the molecule is Clc1nc(N2CCC[C@H]3CCCC[C@H]32)c2ccsc2n1. The average molecular weight is 308 g/mol. The van der Waals surface area contributed by atoms with Crippen molar-refractivity contribution in [3.05, 3.63) is 16.7 Å². The van der Waals surface area contributed by atoms with Crippen LogP contribution in [0.3, 0.4) is 0 Å². The van der Waals surface area contributed by atoms with E-state index >= 15 is 0 Å². The third-order valence-corrected chi connectivity index (χ3v) is 5.77. The van der Waals surface area contributed by atoms with Crippen molar-refractivity contribution in [2.45, 2.75) is 44.6 Å². The molecule has 3 nitrogen and oxygen atoms in total. The normalized spacial score (nSPS) is 26.8. The Morgan fingerprint density at radius 1 is 1.15 bits per heavy atom. The Balaban J connectivity index is 1.79. The molecule has 0 aromatic carbocycles. The topological polar surface area (TPSA) is 29.0 Å². The van der Waals surface area contributed by atoms with E-state index in [-0.39, 0.29) is 0 Å². The fourth-order valence-corrected chi connectivity index (χ4v) is 4.89. The third-order valence-electron chi connectivity index (χ3n) is 4.79. The molecule has 2 atom stereocenters. The number of fused-ring (bicyclic) bond motifs is 2. The fourth-order valence-electron chi connectivity index (χ4n) is 3.92. The van der Waals surface area contributed by atoms with Gasteiger partial charge in [0, 0.05) is 12.6 Å². The molecule has 0 unspecified atom stereocenters. The maximum absolute atomic E-state index is 6.13. The minimum absolute atomic E-state index is 0.382. The Kier molecular flexibility index (Phi) is 3.31. The molecule has 1 aliphatic heterocycles. The van der Waals surface area contributed by atoms with Crippen LogP contribution in [0.15, 0.2) is 11.4 Å². The lowest BCUT2D eigenvalue weighted by Crippen LogP contribution is -2.47. The molecule has 2 aliphatic rings. The lowest BCUT2D eigenvalue weighted by Gasteiger charge is -2.45. The molecule has 1 aliphatic carbocycles. The van der Waals surface area contributed by atoms with Gasteiger partial charge < -0.3 is 4.90 Å². The van der Waals surface area contributed by atoms with Crippen LogP contribution in [0.4, 0.5) is 5.82 Å². The molecule has 1 saturated heterocycles. The number of halogens is 1. The summed E-state index contributed by atoms with van der Waals surface area (Å²) in [4.78, 5) is 12.5. The van der Waals surface area contributed by atoms with Crippen molar-refractivity contribution in [2.24, 2.45) is 5.92 Å². The first-order valence-electron chi connectivity index (χ1n) is 7.50. The molecule has 0 bridgehead atoms. The van der Waals surface area contributed by atoms with Crippen LogP contribution >= 0.6 is 22.9 Å². The van der Waals surface area contributed by atoms with Crippen molar-refractivity contribution in [3.63, 3.8) is 0 Å².